The van der Waals surface area contributed by atoms with E-state index < -0.39 is 12.3 Å². The molecule has 2 atom stereocenters. The Labute approximate surface area is 163 Å². The van der Waals surface area contributed by atoms with Crippen molar-refractivity contribution < 1.29 is 13.5 Å². The van der Waals surface area contributed by atoms with E-state index >= 15 is 0 Å². The number of hydrogen-bond acceptors (Lipinski definition) is 3. The largest absolute Gasteiger partial charge is 0.496 e. The molecule has 2 unspecified atom stereocenters. The second-order valence-corrected chi connectivity index (χ2v) is 8.06. The highest BCUT2D eigenvalue weighted by Gasteiger charge is 2.44. The number of thiophene rings is 1. The quantitative estimate of drug-likeness (QED) is 0.474. The zero-order valence-corrected chi connectivity index (χ0v) is 15.9. The van der Waals surface area contributed by atoms with E-state index in [2.05, 4.69) is 4.98 Å². The van der Waals surface area contributed by atoms with Crippen LogP contribution in [0.15, 0.2) is 52.6 Å². The predicted molar refractivity (Wildman–Crippen MR) is 109 cm³/mol. The number of alkyl halides is 2. The number of benzene rings is 2. The minimum atomic E-state index is -2.26. The van der Waals surface area contributed by atoms with Crippen LogP contribution in [0.3, 0.4) is 0 Å². The van der Waals surface area contributed by atoms with Crippen LogP contribution in [0.25, 0.3) is 32.1 Å². The highest BCUT2D eigenvalue weighted by Crippen LogP contribution is 2.51. The molecule has 1 aliphatic carbocycles. The average molecular weight is 397 g/mol. The van der Waals surface area contributed by atoms with Gasteiger partial charge in [-0.1, -0.05) is 24.3 Å². The first-order chi connectivity index (χ1) is 13.6. The molecule has 3 nitrogen and oxygen atoms in total. The van der Waals surface area contributed by atoms with Crippen molar-refractivity contribution >= 4 is 32.3 Å². The monoisotopic (exact) mass is 397 g/mol. The maximum atomic E-state index is 12.9. The van der Waals surface area contributed by atoms with Crippen LogP contribution in [0.5, 0.6) is 5.75 Å². The molecule has 1 N–H and O–H groups in total. The molecule has 2 aromatic carbocycles. The molecule has 0 bridgehead atoms. The first kappa shape index (κ1) is 17.4. The van der Waals surface area contributed by atoms with E-state index in [0.29, 0.717) is 16.9 Å². The van der Waals surface area contributed by atoms with Gasteiger partial charge in [-0.25, -0.2) is 8.78 Å². The SMILES string of the molecule is COc1ccc2[nH]c(=O)c3sccc3c2c1-c1ccc(C2CC2C(F)F)cc1. The lowest BCUT2D eigenvalue weighted by Crippen LogP contribution is -2.05. The summed E-state index contributed by atoms with van der Waals surface area (Å²) >= 11 is 1.41. The summed E-state index contributed by atoms with van der Waals surface area (Å²) < 4.78 is 32.0. The highest BCUT2D eigenvalue weighted by atomic mass is 32.1. The molecule has 0 spiro atoms. The normalized spacial score (nSPS) is 18.9. The number of pyridine rings is 1. The number of aromatic amines is 1. The van der Waals surface area contributed by atoms with Crippen LogP contribution < -0.4 is 10.3 Å². The van der Waals surface area contributed by atoms with Crippen molar-refractivity contribution in [3.63, 3.8) is 0 Å². The van der Waals surface area contributed by atoms with Gasteiger partial charge in [0.15, 0.2) is 0 Å². The Morgan fingerprint density at radius 3 is 2.61 bits per heavy atom. The number of methoxy groups -OCH3 is 1. The van der Waals surface area contributed by atoms with Crippen LogP contribution >= 0.6 is 11.3 Å². The molecule has 1 saturated carbocycles. The minimum absolute atomic E-state index is 0.0524. The van der Waals surface area contributed by atoms with Crippen LogP contribution in [-0.4, -0.2) is 18.5 Å². The highest BCUT2D eigenvalue weighted by molar-refractivity contribution is 7.17. The number of hydrogen-bond donors (Lipinski definition) is 1. The van der Waals surface area contributed by atoms with E-state index in [-0.39, 0.29) is 11.5 Å². The summed E-state index contributed by atoms with van der Waals surface area (Å²) in [5.74, 6) is 0.133. The van der Waals surface area contributed by atoms with Crippen molar-refractivity contribution in [3.05, 3.63) is 63.8 Å². The van der Waals surface area contributed by atoms with Gasteiger partial charge in [0.1, 0.15) is 10.4 Å². The molecular weight excluding hydrogens is 380 g/mol. The summed E-state index contributed by atoms with van der Waals surface area (Å²) in [4.78, 5) is 15.3. The summed E-state index contributed by atoms with van der Waals surface area (Å²) in [6.45, 7) is 0. The van der Waals surface area contributed by atoms with Crippen LogP contribution in [0.1, 0.15) is 17.9 Å². The molecule has 2 aromatic heterocycles. The van der Waals surface area contributed by atoms with Crippen LogP contribution in [0.2, 0.25) is 0 Å². The second kappa shape index (κ2) is 6.41. The van der Waals surface area contributed by atoms with Gasteiger partial charge in [0, 0.05) is 27.8 Å². The molecule has 1 aliphatic rings. The molecule has 0 radical (unpaired) electrons. The molecule has 0 saturated heterocycles. The first-order valence-electron chi connectivity index (χ1n) is 9.07. The standard InChI is InChI=1S/C22H17F2NO2S/c1-27-17-7-6-16-19(13-8-9-28-20(13)22(26)25-16)18(17)12-4-2-11(3-5-12)14-10-15(14)21(23)24/h2-9,14-15,21H,10H2,1H3,(H,25,26). The Hall–Kier alpha value is -2.73. The van der Waals surface area contributed by atoms with Gasteiger partial charge in [-0.3, -0.25) is 4.79 Å². The van der Waals surface area contributed by atoms with Gasteiger partial charge in [0.05, 0.1) is 7.11 Å². The van der Waals surface area contributed by atoms with E-state index in [9.17, 15) is 13.6 Å². The van der Waals surface area contributed by atoms with E-state index in [1.165, 1.54) is 11.3 Å². The van der Waals surface area contributed by atoms with Crippen molar-refractivity contribution in [2.24, 2.45) is 5.92 Å². The Balaban J connectivity index is 1.70. The predicted octanol–water partition coefficient (Wildman–Crippen LogP) is 5.79. The maximum Gasteiger partial charge on any atom is 0.266 e. The van der Waals surface area contributed by atoms with Crippen molar-refractivity contribution in [2.75, 3.05) is 7.11 Å². The number of fused-ring (bicyclic) bond motifs is 3. The summed E-state index contributed by atoms with van der Waals surface area (Å²) in [5.41, 5.74) is 3.42. The Kier molecular flexibility index (Phi) is 3.98. The zero-order chi connectivity index (χ0) is 19.4. The molecule has 1 fully saturated rings. The first-order valence-corrected chi connectivity index (χ1v) is 9.95. The van der Waals surface area contributed by atoms with Gasteiger partial charge < -0.3 is 9.72 Å². The smallest absolute Gasteiger partial charge is 0.266 e. The number of nitrogens with one attached hydrogen (secondary N) is 1. The third kappa shape index (κ3) is 2.63. The molecule has 2 heterocycles. The molecule has 6 heteroatoms. The van der Waals surface area contributed by atoms with Crippen molar-refractivity contribution in [3.8, 4) is 16.9 Å². The van der Waals surface area contributed by atoms with E-state index in [1.807, 2.05) is 47.8 Å². The lowest BCUT2D eigenvalue weighted by Gasteiger charge is -2.14. The number of ether oxygens (including phenoxy) is 1. The van der Waals surface area contributed by atoms with Crippen LogP contribution in [0.4, 0.5) is 8.78 Å². The van der Waals surface area contributed by atoms with Gasteiger partial charge in [0.2, 0.25) is 6.43 Å². The van der Waals surface area contributed by atoms with E-state index in [4.69, 9.17) is 4.74 Å². The summed E-state index contributed by atoms with van der Waals surface area (Å²) in [6.07, 6.45) is -1.71. The second-order valence-electron chi connectivity index (χ2n) is 7.15. The fraction of sp³-hybridized carbons (Fsp3) is 0.227. The number of halogens is 2. The molecule has 0 amide bonds. The van der Waals surface area contributed by atoms with Gasteiger partial charge in [-0.2, -0.15) is 0 Å². The molecular formula is C22H17F2NO2S. The van der Waals surface area contributed by atoms with Gasteiger partial charge >= 0.3 is 0 Å². The van der Waals surface area contributed by atoms with E-state index in [1.54, 1.807) is 7.11 Å². The molecule has 142 valence electrons. The third-order valence-corrected chi connectivity index (χ3v) is 6.48. The Morgan fingerprint density at radius 2 is 1.93 bits per heavy atom. The van der Waals surface area contributed by atoms with Crippen molar-refractivity contribution in [1.29, 1.82) is 0 Å². The summed E-state index contributed by atoms with van der Waals surface area (Å²) in [6, 6.07) is 13.4. The van der Waals surface area contributed by atoms with Crippen LogP contribution in [-0.2, 0) is 0 Å². The topological polar surface area (TPSA) is 42.1 Å². The van der Waals surface area contributed by atoms with Crippen LogP contribution in [0, 0.1) is 5.92 Å². The average Bonchev–Trinajstić information content (AvgIpc) is 3.36. The Bertz CT molecular complexity index is 1240. The fourth-order valence-corrected chi connectivity index (χ4v) is 4.85. The van der Waals surface area contributed by atoms with Gasteiger partial charge in [0.25, 0.3) is 5.56 Å². The fourth-order valence-electron chi connectivity index (χ4n) is 4.06. The minimum Gasteiger partial charge on any atom is -0.496 e. The van der Waals surface area contributed by atoms with E-state index in [0.717, 1.165) is 33.0 Å². The molecule has 0 aliphatic heterocycles. The number of rotatable bonds is 4. The lowest BCUT2D eigenvalue weighted by molar-refractivity contribution is 0.120. The summed E-state index contributed by atoms with van der Waals surface area (Å²) in [5, 5.41) is 3.73. The molecule has 28 heavy (non-hydrogen) atoms. The number of aromatic nitrogens is 1. The van der Waals surface area contributed by atoms with Crippen molar-refractivity contribution in [2.45, 2.75) is 18.8 Å². The van der Waals surface area contributed by atoms with Gasteiger partial charge in [-0.05, 0) is 47.0 Å². The van der Waals surface area contributed by atoms with Gasteiger partial charge in [-0.15, -0.1) is 11.3 Å². The molecule has 5 rings (SSSR count). The third-order valence-electron chi connectivity index (χ3n) is 5.57. The zero-order valence-electron chi connectivity index (χ0n) is 15.0. The van der Waals surface area contributed by atoms with Crippen molar-refractivity contribution in [1.82, 2.24) is 4.98 Å². The molecule has 4 aromatic rings. The number of H-pyrrole nitrogens is 1. The Morgan fingerprint density at radius 1 is 1.14 bits per heavy atom. The summed E-state index contributed by atoms with van der Waals surface area (Å²) in [7, 11) is 1.62. The maximum absolute atomic E-state index is 12.9. The lowest BCUT2D eigenvalue weighted by atomic mass is 9.95.